The number of anilines is 3. The molecule has 0 amide bonds. The van der Waals surface area contributed by atoms with Gasteiger partial charge in [-0.2, -0.15) is 0 Å². The van der Waals surface area contributed by atoms with Gasteiger partial charge in [0, 0.05) is 59.6 Å². The summed E-state index contributed by atoms with van der Waals surface area (Å²) in [5.41, 5.74) is 8.19. The van der Waals surface area contributed by atoms with Crippen LogP contribution in [0.1, 0.15) is 0 Å². The van der Waals surface area contributed by atoms with Gasteiger partial charge in [-0.25, -0.2) is 0 Å². The Bertz CT molecular complexity index is 2460. The molecule has 0 fully saturated rings. The van der Waals surface area contributed by atoms with Crippen LogP contribution in [0, 0.1) is 0 Å². The molecule has 3 aromatic heterocycles. The molecule has 6 aromatic carbocycles. The Morgan fingerprint density at radius 3 is 2.02 bits per heavy atom. The summed E-state index contributed by atoms with van der Waals surface area (Å²) in [4.78, 5) is 7.18. The summed E-state index contributed by atoms with van der Waals surface area (Å²) in [5, 5.41) is 5.72. The first-order valence-corrected chi connectivity index (χ1v) is 15.2. The summed E-state index contributed by atoms with van der Waals surface area (Å²) in [5.74, 6) is 0. The lowest BCUT2D eigenvalue weighted by atomic mass is 10.0. The summed E-state index contributed by atoms with van der Waals surface area (Å²) in [6.07, 6.45) is 1.94. The van der Waals surface area contributed by atoms with Crippen molar-refractivity contribution in [3.8, 4) is 11.1 Å². The molecular weight excluding hydrogens is 545 g/mol. The molecule has 9 rings (SSSR count). The van der Waals surface area contributed by atoms with Gasteiger partial charge < -0.3 is 9.32 Å². The van der Waals surface area contributed by atoms with Gasteiger partial charge in [0.25, 0.3) is 0 Å². The van der Waals surface area contributed by atoms with Gasteiger partial charge in [-0.05, 0) is 65.7 Å². The molecule has 43 heavy (non-hydrogen) atoms. The van der Waals surface area contributed by atoms with Crippen LogP contribution in [0.4, 0.5) is 17.1 Å². The second-order valence-corrected chi connectivity index (χ2v) is 11.9. The van der Waals surface area contributed by atoms with E-state index in [9.17, 15) is 0 Å². The number of fused-ring (bicyclic) bond motifs is 8. The fourth-order valence-corrected chi connectivity index (χ4v) is 7.29. The highest BCUT2D eigenvalue weighted by Gasteiger charge is 2.18. The molecule has 0 saturated heterocycles. The first kappa shape index (κ1) is 24.2. The highest BCUT2D eigenvalue weighted by Crippen LogP contribution is 2.43. The molecule has 3 heterocycles. The molecule has 0 N–H and O–H groups in total. The standard InChI is InChI=1S/C39H24N2OS/c1-2-8-25(9-3-1)26-14-16-28(17-15-26)41(30-19-21-37-33(22-30)32-12-6-7-13-36(32)43-37)29-18-20-35-34(23-29)38-39(42-35)31-11-5-4-10-27(31)24-40-38/h1-24H. The Hall–Kier alpha value is -5.45. The topological polar surface area (TPSA) is 29.3 Å². The van der Waals surface area contributed by atoms with E-state index >= 15 is 0 Å². The average Bonchev–Trinajstić information content (AvgIpc) is 3.64. The minimum absolute atomic E-state index is 0.829. The molecule has 4 heteroatoms. The third kappa shape index (κ3) is 3.92. The van der Waals surface area contributed by atoms with E-state index in [-0.39, 0.29) is 0 Å². The summed E-state index contributed by atoms with van der Waals surface area (Å²) in [7, 11) is 0. The lowest BCUT2D eigenvalue weighted by molar-refractivity contribution is 0.672. The molecule has 0 bridgehead atoms. The minimum atomic E-state index is 0.829. The second kappa shape index (κ2) is 9.55. The second-order valence-electron chi connectivity index (χ2n) is 10.8. The Kier molecular flexibility index (Phi) is 5.37. The van der Waals surface area contributed by atoms with E-state index < -0.39 is 0 Å². The van der Waals surface area contributed by atoms with Crippen molar-refractivity contribution in [1.82, 2.24) is 4.98 Å². The maximum atomic E-state index is 6.39. The zero-order valence-corrected chi connectivity index (χ0v) is 23.9. The van der Waals surface area contributed by atoms with Crippen LogP contribution in [0.15, 0.2) is 150 Å². The molecule has 0 aliphatic rings. The van der Waals surface area contributed by atoms with Crippen LogP contribution >= 0.6 is 11.3 Å². The van der Waals surface area contributed by atoms with Crippen molar-refractivity contribution in [3.63, 3.8) is 0 Å². The average molecular weight is 569 g/mol. The first-order valence-electron chi connectivity index (χ1n) is 14.4. The zero-order valence-electron chi connectivity index (χ0n) is 23.1. The molecule has 0 radical (unpaired) electrons. The highest BCUT2D eigenvalue weighted by atomic mass is 32.1. The van der Waals surface area contributed by atoms with E-state index in [4.69, 9.17) is 9.40 Å². The molecule has 0 atom stereocenters. The molecule has 0 spiro atoms. The van der Waals surface area contributed by atoms with Crippen LogP contribution in [0.2, 0.25) is 0 Å². The molecular formula is C39H24N2OS. The highest BCUT2D eigenvalue weighted by molar-refractivity contribution is 7.25. The number of nitrogens with zero attached hydrogens (tertiary/aromatic N) is 2. The van der Waals surface area contributed by atoms with Gasteiger partial charge in [-0.3, -0.25) is 4.98 Å². The van der Waals surface area contributed by atoms with E-state index in [0.717, 1.165) is 49.9 Å². The zero-order chi connectivity index (χ0) is 28.3. The Balaban J connectivity index is 1.25. The van der Waals surface area contributed by atoms with E-state index in [1.54, 1.807) is 0 Å². The number of pyridine rings is 1. The molecule has 202 valence electrons. The van der Waals surface area contributed by atoms with Gasteiger partial charge in [0.1, 0.15) is 11.1 Å². The Morgan fingerprint density at radius 1 is 0.512 bits per heavy atom. The van der Waals surface area contributed by atoms with Gasteiger partial charge >= 0.3 is 0 Å². The monoisotopic (exact) mass is 568 g/mol. The van der Waals surface area contributed by atoms with Crippen molar-refractivity contribution >= 4 is 81.4 Å². The third-order valence-electron chi connectivity index (χ3n) is 8.29. The first-order chi connectivity index (χ1) is 21.3. The van der Waals surface area contributed by atoms with Crippen molar-refractivity contribution in [1.29, 1.82) is 0 Å². The van der Waals surface area contributed by atoms with Crippen molar-refractivity contribution in [2.24, 2.45) is 0 Å². The van der Waals surface area contributed by atoms with Crippen molar-refractivity contribution < 1.29 is 4.42 Å². The van der Waals surface area contributed by atoms with Crippen LogP contribution in [-0.4, -0.2) is 4.98 Å². The lowest BCUT2D eigenvalue weighted by Gasteiger charge is -2.26. The maximum Gasteiger partial charge on any atom is 0.161 e. The fourth-order valence-electron chi connectivity index (χ4n) is 6.21. The third-order valence-corrected chi connectivity index (χ3v) is 9.44. The maximum absolute atomic E-state index is 6.39. The minimum Gasteiger partial charge on any atom is -0.454 e. The molecule has 9 aromatic rings. The lowest BCUT2D eigenvalue weighted by Crippen LogP contribution is -2.09. The summed E-state index contributed by atoms with van der Waals surface area (Å²) >= 11 is 1.84. The van der Waals surface area contributed by atoms with Crippen LogP contribution in [0.25, 0.3) is 64.1 Å². The molecule has 0 saturated carbocycles. The van der Waals surface area contributed by atoms with Gasteiger partial charge in [-0.15, -0.1) is 11.3 Å². The van der Waals surface area contributed by atoms with Crippen LogP contribution in [-0.2, 0) is 0 Å². The summed E-state index contributed by atoms with van der Waals surface area (Å²) in [6, 6.07) is 49.5. The van der Waals surface area contributed by atoms with Gasteiger partial charge in [-0.1, -0.05) is 84.9 Å². The number of aromatic nitrogens is 1. The van der Waals surface area contributed by atoms with E-state index in [0.29, 0.717) is 0 Å². The number of furan rings is 1. The molecule has 0 aliphatic heterocycles. The predicted octanol–water partition coefficient (Wildman–Crippen LogP) is 11.6. The van der Waals surface area contributed by atoms with E-state index in [2.05, 4.69) is 132 Å². The SMILES string of the molecule is c1ccc(-c2ccc(N(c3ccc4sc5ccccc5c4c3)c3ccc4oc5c6ccccc6cnc5c4c3)cc2)cc1. The van der Waals surface area contributed by atoms with Crippen LogP contribution in [0.3, 0.4) is 0 Å². The normalized spacial score (nSPS) is 11.7. The number of hydrogen-bond acceptors (Lipinski definition) is 4. The van der Waals surface area contributed by atoms with Gasteiger partial charge in [0.15, 0.2) is 5.58 Å². The smallest absolute Gasteiger partial charge is 0.161 e. The summed E-state index contributed by atoms with van der Waals surface area (Å²) in [6.45, 7) is 0. The Labute approximate surface area is 251 Å². The quantitative estimate of drug-likeness (QED) is 0.211. The molecule has 0 unspecified atom stereocenters. The number of hydrogen-bond donors (Lipinski definition) is 0. The summed E-state index contributed by atoms with van der Waals surface area (Å²) < 4.78 is 8.98. The van der Waals surface area contributed by atoms with E-state index in [1.165, 1.54) is 31.3 Å². The Morgan fingerprint density at radius 2 is 1.16 bits per heavy atom. The number of rotatable bonds is 4. The largest absolute Gasteiger partial charge is 0.454 e. The van der Waals surface area contributed by atoms with Crippen molar-refractivity contribution in [3.05, 3.63) is 146 Å². The predicted molar refractivity (Wildman–Crippen MR) is 182 cm³/mol. The fraction of sp³-hybridized carbons (Fsp3) is 0. The number of benzene rings is 6. The molecule has 0 aliphatic carbocycles. The van der Waals surface area contributed by atoms with Crippen LogP contribution in [0.5, 0.6) is 0 Å². The van der Waals surface area contributed by atoms with Crippen molar-refractivity contribution in [2.75, 3.05) is 4.90 Å². The molecule has 3 nitrogen and oxygen atoms in total. The van der Waals surface area contributed by atoms with Gasteiger partial charge in [0.05, 0.1) is 0 Å². The van der Waals surface area contributed by atoms with Crippen LogP contribution < -0.4 is 4.90 Å². The van der Waals surface area contributed by atoms with Crippen molar-refractivity contribution in [2.45, 2.75) is 0 Å². The van der Waals surface area contributed by atoms with Gasteiger partial charge in [0.2, 0.25) is 0 Å². The number of thiophene rings is 1. The van der Waals surface area contributed by atoms with E-state index in [1.807, 2.05) is 29.7 Å².